The van der Waals surface area contributed by atoms with Crippen LogP contribution in [0.3, 0.4) is 0 Å². The Morgan fingerprint density at radius 3 is 2.76 bits per heavy atom. The van der Waals surface area contributed by atoms with E-state index < -0.39 is 6.09 Å². The SMILES string of the molecule is CCOc1ccc2c(C#CC3CC3)c(C3=CC=C(NC(=O)OC(C)C)C=CC3)n(CC)c2c1. The van der Waals surface area contributed by atoms with E-state index >= 15 is 0 Å². The van der Waals surface area contributed by atoms with Crippen LogP contribution in [0.5, 0.6) is 5.75 Å². The highest BCUT2D eigenvalue weighted by molar-refractivity contribution is 5.94. The Hall–Kier alpha value is -3.39. The summed E-state index contributed by atoms with van der Waals surface area (Å²) in [5.74, 6) is 8.37. The molecule has 1 saturated carbocycles. The van der Waals surface area contributed by atoms with Gasteiger partial charge in [-0.1, -0.05) is 24.0 Å². The van der Waals surface area contributed by atoms with Crippen LogP contribution in [0.25, 0.3) is 16.5 Å². The molecule has 2 aromatic rings. The van der Waals surface area contributed by atoms with E-state index in [1.54, 1.807) is 0 Å². The van der Waals surface area contributed by atoms with E-state index in [1.807, 2.05) is 39.0 Å². The molecule has 2 aliphatic carbocycles. The number of allylic oxidation sites excluding steroid dienone is 5. The fraction of sp³-hybridized carbons (Fsp3) is 0.393. The van der Waals surface area contributed by atoms with Gasteiger partial charge < -0.3 is 14.0 Å². The summed E-state index contributed by atoms with van der Waals surface area (Å²) in [6.45, 7) is 9.28. The van der Waals surface area contributed by atoms with Gasteiger partial charge in [-0.2, -0.15) is 0 Å². The van der Waals surface area contributed by atoms with Crippen LogP contribution in [0.4, 0.5) is 4.79 Å². The van der Waals surface area contributed by atoms with Gasteiger partial charge in [0, 0.05) is 29.6 Å². The van der Waals surface area contributed by atoms with Crippen molar-refractivity contribution in [1.82, 2.24) is 9.88 Å². The summed E-state index contributed by atoms with van der Waals surface area (Å²) in [4.78, 5) is 12.0. The monoisotopic (exact) mass is 444 g/mol. The van der Waals surface area contributed by atoms with Crippen LogP contribution in [0.2, 0.25) is 0 Å². The highest BCUT2D eigenvalue weighted by Crippen LogP contribution is 2.36. The molecule has 0 aliphatic heterocycles. The van der Waals surface area contributed by atoms with Gasteiger partial charge in [-0.25, -0.2) is 4.79 Å². The molecule has 172 valence electrons. The third-order valence-electron chi connectivity index (χ3n) is 5.63. The minimum atomic E-state index is -0.445. The van der Waals surface area contributed by atoms with Crippen molar-refractivity contribution in [3.05, 3.63) is 59.5 Å². The molecule has 2 aliphatic rings. The number of carbonyl (C=O) groups excluding carboxylic acids is 1. The minimum absolute atomic E-state index is 0.166. The number of hydrogen-bond acceptors (Lipinski definition) is 3. The Morgan fingerprint density at radius 2 is 2.06 bits per heavy atom. The number of aryl methyl sites for hydroxylation is 1. The van der Waals surface area contributed by atoms with E-state index in [0.717, 1.165) is 46.4 Å². The van der Waals surface area contributed by atoms with E-state index in [1.165, 1.54) is 12.8 Å². The zero-order chi connectivity index (χ0) is 23.4. The average Bonchev–Trinajstić information content (AvgIpc) is 3.58. The van der Waals surface area contributed by atoms with Gasteiger partial charge in [0.25, 0.3) is 0 Å². The Labute approximate surface area is 196 Å². The van der Waals surface area contributed by atoms with Crippen LogP contribution in [-0.4, -0.2) is 23.4 Å². The summed E-state index contributed by atoms with van der Waals surface area (Å²) in [5.41, 5.74) is 5.22. The predicted molar refractivity (Wildman–Crippen MR) is 133 cm³/mol. The zero-order valence-electron chi connectivity index (χ0n) is 19.9. The lowest BCUT2D eigenvalue weighted by Gasteiger charge is -2.11. The fourth-order valence-electron chi connectivity index (χ4n) is 4.02. The Balaban J connectivity index is 1.78. The van der Waals surface area contributed by atoms with Crippen LogP contribution in [0.15, 0.2) is 48.2 Å². The van der Waals surface area contributed by atoms with Crippen LogP contribution >= 0.6 is 0 Å². The van der Waals surface area contributed by atoms with Crippen molar-refractivity contribution in [3.63, 3.8) is 0 Å². The van der Waals surface area contributed by atoms with Gasteiger partial charge in [-0.05, 0) is 76.8 Å². The highest BCUT2D eigenvalue weighted by Gasteiger charge is 2.21. The summed E-state index contributed by atoms with van der Waals surface area (Å²) in [5, 5.41) is 3.97. The zero-order valence-corrected chi connectivity index (χ0v) is 19.9. The second-order valence-corrected chi connectivity index (χ2v) is 8.62. The van der Waals surface area contributed by atoms with Gasteiger partial charge in [0.1, 0.15) is 5.75 Å². The number of hydrogen-bond donors (Lipinski definition) is 1. The Morgan fingerprint density at radius 1 is 1.24 bits per heavy atom. The lowest BCUT2D eigenvalue weighted by atomic mass is 10.0. The first-order valence-electron chi connectivity index (χ1n) is 11.9. The van der Waals surface area contributed by atoms with Crippen LogP contribution < -0.4 is 10.1 Å². The van der Waals surface area contributed by atoms with E-state index in [0.29, 0.717) is 18.2 Å². The van der Waals surface area contributed by atoms with Gasteiger partial charge in [-0.3, -0.25) is 5.32 Å². The molecular weight excluding hydrogens is 412 g/mol. The molecule has 5 nitrogen and oxygen atoms in total. The molecule has 1 N–H and O–H groups in total. The van der Waals surface area contributed by atoms with Gasteiger partial charge in [-0.15, -0.1) is 0 Å². The van der Waals surface area contributed by atoms with Gasteiger partial charge in [0.2, 0.25) is 0 Å². The molecule has 5 heteroatoms. The van der Waals surface area contributed by atoms with E-state index in [4.69, 9.17) is 9.47 Å². The second kappa shape index (κ2) is 10.0. The molecule has 0 bridgehead atoms. The largest absolute Gasteiger partial charge is 0.494 e. The molecule has 0 atom stereocenters. The minimum Gasteiger partial charge on any atom is -0.494 e. The number of benzene rings is 1. The Bertz CT molecular complexity index is 1200. The van der Waals surface area contributed by atoms with Gasteiger partial charge >= 0.3 is 6.09 Å². The smallest absolute Gasteiger partial charge is 0.411 e. The molecule has 0 spiro atoms. The normalized spacial score (nSPS) is 15.4. The number of nitrogens with one attached hydrogen (secondary N) is 1. The lowest BCUT2D eigenvalue weighted by molar-refractivity contribution is 0.118. The van der Waals surface area contributed by atoms with Crippen molar-refractivity contribution in [2.75, 3.05) is 6.61 Å². The molecule has 0 saturated heterocycles. The molecule has 1 aromatic heterocycles. The molecule has 33 heavy (non-hydrogen) atoms. The third kappa shape index (κ3) is 5.34. The second-order valence-electron chi connectivity index (χ2n) is 8.62. The van der Waals surface area contributed by atoms with Crippen molar-refractivity contribution >= 4 is 22.6 Å². The number of carbonyl (C=O) groups is 1. The summed E-state index contributed by atoms with van der Waals surface area (Å²) < 4.78 is 13.3. The maximum Gasteiger partial charge on any atom is 0.411 e. The van der Waals surface area contributed by atoms with Crippen LogP contribution in [0, 0.1) is 17.8 Å². The van der Waals surface area contributed by atoms with E-state index in [2.05, 4.69) is 52.9 Å². The maximum absolute atomic E-state index is 12.0. The van der Waals surface area contributed by atoms with Crippen LogP contribution in [0.1, 0.15) is 58.2 Å². The molecule has 1 aromatic carbocycles. The van der Waals surface area contributed by atoms with Crippen molar-refractivity contribution in [2.24, 2.45) is 5.92 Å². The number of amides is 1. The number of aromatic nitrogens is 1. The maximum atomic E-state index is 12.0. The standard InChI is InChI=1S/C28H32N2O3/c1-5-30-26-18-23(32-6-2)15-17-24(26)25(16-12-20-10-11-20)27(30)21-8-7-9-22(14-13-21)29-28(31)33-19(3)4/h7,9,13-15,17-20H,5-6,8,10-11H2,1-4H3,(H,29,31). The molecule has 1 fully saturated rings. The molecule has 1 amide bonds. The number of fused-ring (bicyclic) bond motifs is 1. The quantitative estimate of drug-likeness (QED) is 0.541. The Kier molecular flexibility index (Phi) is 6.93. The van der Waals surface area contributed by atoms with E-state index in [-0.39, 0.29) is 6.10 Å². The summed E-state index contributed by atoms with van der Waals surface area (Å²) in [6.07, 6.45) is 10.5. The van der Waals surface area contributed by atoms with Crippen LogP contribution in [-0.2, 0) is 11.3 Å². The highest BCUT2D eigenvalue weighted by atomic mass is 16.6. The third-order valence-corrected chi connectivity index (χ3v) is 5.63. The van der Waals surface area contributed by atoms with Gasteiger partial charge in [0.05, 0.1) is 29.5 Å². The predicted octanol–water partition coefficient (Wildman–Crippen LogP) is 6.18. The lowest BCUT2D eigenvalue weighted by Crippen LogP contribution is -2.25. The number of alkyl carbamates (subject to hydrolysis) is 1. The fourth-order valence-corrected chi connectivity index (χ4v) is 4.02. The first-order chi connectivity index (χ1) is 16.0. The van der Waals surface area contributed by atoms with Crippen molar-refractivity contribution in [1.29, 1.82) is 0 Å². The number of nitrogens with zero attached hydrogens (tertiary/aromatic N) is 1. The first-order valence-corrected chi connectivity index (χ1v) is 11.9. The summed E-state index contributed by atoms with van der Waals surface area (Å²) >= 11 is 0. The topological polar surface area (TPSA) is 52.5 Å². The first kappa shape index (κ1) is 22.8. The molecule has 1 heterocycles. The average molecular weight is 445 g/mol. The van der Waals surface area contributed by atoms with Gasteiger partial charge in [0.15, 0.2) is 0 Å². The van der Waals surface area contributed by atoms with Crippen molar-refractivity contribution in [2.45, 2.75) is 59.6 Å². The molecular formula is C28H32N2O3. The summed E-state index contributed by atoms with van der Waals surface area (Å²) in [7, 11) is 0. The molecule has 0 unspecified atom stereocenters. The van der Waals surface area contributed by atoms with Crippen molar-refractivity contribution in [3.8, 4) is 17.6 Å². The number of ether oxygens (including phenoxy) is 2. The summed E-state index contributed by atoms with van der Waals surface area (Å²) in [6, 6.07) is 6.28. The van der Waals surface area contributed by atoms with E-state index in [9.17, 15) is 4.79 Å². The molecule has 0 radical (unpaired) electrons. The number of rotatable bonds is 6. The van der Waals surface area contributed by atoms with Crippen molar-refractivity contribution < 1.29 is 14.3 Å². The molecule has 4 rings (SSSR count).